The van der Waals surface area contributed by atoms with E-state index in [0.29, 0.717) is 6.61 Å². The van der Waals surface area contributed by atoms with Gasteiger partial charge in [-0.25, -0.2) is 4.98 Å². The van der Waals surface area contributed by atoms with Crippen LogP contribution in [0.1, 0.15) is 43.1 Å². The van der Waals surface area contributed by atoms with Gasteiger partial charge in [0.25, 0.3) is 0 Å². The van der Waals surface area contributed by atoms with Crippen molar-refractivity contribution in [2.75, 3.05) is 0 Å². The van der Waals surface area contributed by atoms with Crippen LogP contribution in [0.3, 0.4) is 0 Å². The molecular weight excluding hydrogens is 250 g/mol. The molecule has 1 heterocycles. The van der Waals surface area contributed by atoms with Gasteiger partial charge in [-0.1, -0.05) is 19.1 Å². The largest absolute Gasteiger partial charge is 0.487 e. The number of aryl methyl sites for hydroxylation is 2. The summed E-state index contributed by atoms with van der Waals surface area (Å²) in [6.07, 6.45) is 4.81. The molecule has 0 radical (unpaired) electrons. The highest BCUT2D eigenvalue weighted by atomic mass is 16.5. The first-order valence-corrected chi connectivity index (χ1v) is 7.09. The number of hydrogen-bond donors (Lipinski definition) is 1. The maximum atomic E-state index is 5.90. The highest BCUT2D eigenvalue weighted by Crippen LogP contribution is 2.22. The van der Waals surface area contributed by atoms with Crippen LogP contribution in [-0.4, -0.2) is 9.55 Å². The molecule has 0 aliphatic rings. The Balaban J connectivity index is 2.05. The highest BCUT2D eigenvalue weighted by molar-refractivity contribution is 5.37. The van der Waals surface area contributed by atoms with Crippen molar-refractivity contribution < 1.29 is 4.74 Å². The summed E-state index contributed by atoms with van der Waals surface area (Å²) in [6.45, 7) is 7.70. The first-order valence-electron chi connectivity index (χ1n) is 7.09. The van der Waals surface area contributed by atoms with Gasteiger partial charge in [-0.15, -0.1) is 0 Å². The van der Waals surface area contributed by atoms with Crippen LogP contribution in [0.25, 0.3) is 0 Å². The van der Waals surface area contributed by atoms with E-state index in [0.717, 1.165) is 35.5 Å². The molecule has 108 valence electrons. The van der Waals surface area contributed by atoms with E-state index in [1.165, 1.54) is 0 Å². The zero-order chi connectivity index (χ0) is 14.5. The molecule has 1 atom stereocenters. The van der Waals surface area contributed by atoms with Gasteiger partial charge in [0.15, 0.2) is 0 Å². The number of aromatic nitrogens is 2. The monoisotopic (exact) mass is 273 g/mol. The van der Waals surface area contributed by atoms with Gasteiger partial charge in [0, 0.05) is 12.6 Å². The molecular formula is C16H23N3O. The smallest absolute Gasteiger partial charge is 0.130 e. The minimum atomic E-state index is 0.0498. The Morgan fingerprint density at radius 3 is 2.85 bits per heavy atom. The average Bonchev–Trinajstić information content (AvgIpc) is 2.85. The molecule has 0 bridgehead atoms. The van der Waals surface area contributed by atoms with Gasteiger partial charge >= 0.3 is 0 Å². The Kier molecular flexibility index (Phi) is 4.79. The van der Waals surface area contributed by atoms with Crippen molar-refractivity contribution in [1.82, 2.24) is 9.55 Å². The van der Waals surface area contributed by atoms with Crippen LogP contribution in [-0.2, 0) is 13.2 Å². The third-order valence-electron chi connectivity index (χ3n) is 3.36. The van der Waals surface area contributed by atoms with Gasteiger partial charge in [0.05, 0.1) is 18.2 Å². The molecule has 0 amide bonds. The third kappa shape index (κ3) is 3.39. The van der Waals surface area contributed by atoms with Crippen LogP contribution in [0.15, 0.2) is 30.7 Å². The van der Waals surface area contributed by atoms with Gasteiger partial charge in [0.1, 0.15) is 12.4 Å². The van der Waals surface area contributed by atoms with Crippen molar-refractivity contribution in [2.24, 2.45) is 5.73 Å². The molecule has 4 nitrogen and oxygen atoms in total. The van der Waals surface area contributed by atoms with E-state index < -0.39 is 0 Å². The van der Waals surface area contributed by atoms with Gasteiger partial charge in [-0.05, 0) is 37.5 Å². The van der Waals surface area contributed by atoms with Crippen molar-refractivity contribution in [2.45, 2.75) is 46.4 Å². The van der Waals surface area contributed by atoms with Crippen molar-refractivity contribution in [3.63, 3.8) is 0 Å². The summed E-state index contributed by atoms with van der Waals surface area (Å²) in [4.78, 5) is 4.18. The van der Waals surface area contributed by atoms with Crippen LogP contribution >= 0.6 is 0 Å². The van der Waals surface area contributed by atoms with Crippen LogP contribution in [0.4, 0.5) is 0 Å². The Morgan fingerprint density at radius 2 is 2.20 bits per heavy atom. The molecule has 2 N–H and O–H groups in total. The summed E-state index contributed by atoms with van der Waals surface area (Å²) >= 11 is 0. The number of imidazole rings is 1. The van der Waals surface area contributed by atoms with E-state index in [1.807, 2.05) is 38.5 Å². The topological polar surface area (TPSA) is 53.1 Å². The van der Waals surface area contributed by atoms with Crippen LogP contribution in [0.5, 0.6) is 5.75 Å². The normalized spacial score (nSPS) is 12.4. The van der Waals surface area contributed by atoms with Crippen LogP contribution < -0.4 is 10.5 Å². The van der Waals surface area contributed by atoms with Gasteiger partial charge in [-0.3, -0.25) is 0 Å². The zero-order valence-electron chi connectivity index (χ0n) is 12.5. The predicted molar refractivity (Wildman–Crippen MR) is 80.6 cm³/mol. The van der Waals surface area contributed by atoms with Crippen molar-refractivity contribution >= 4 is 0 Å². The quantitative estimate of drug-likeness (QED) is 0.879. The second-order valence-electron chi connectivity index (χ2n) is 5.18. The summed E-state index contributed by atoms with van der Waals surface area (Å²) in [5.41, 5.74) is 9.23. The zero-order valence-corrected chi connectivity index (χ0v) is 12.5. The van der Waals surface area contributed by atoms with E-state index in [9.17, 15) is 0 Å². The number of hydrogen-bond acceptors (Lipinski definition) is 3. The highest BCUT2D eigenvalue weighted by Gasteiger charge is 2.06. The maximum absolute atomic E-state index is 5.90. The molecule has 0 aliphatic heterocycles. The minimum Gasteiger partial charge on any atom is -0.487 e. The summed E-state index contributed by atoms with van der Waals surface area (Å²) in [5.74, 6) is 0.902. The number of ether oxygens (including phenoxy) is 1. The summed E-state index contributed by atoms with van der Waals surface area (Å²) < 4.78 is 8.03. The molecule has 0 saturated heterocycles. The Bertz CT molecular complexity index is 561. The SMILES string of the molecule is CCCn1cncc1COc1ccc([C@@H](C)N)cc1C. The molecule has 0 saturated carbocycles. The average molecular weight is 273 g/mol. The van der Waals surface area contributed by atoms with E-state index in [-0.39, 0.29) is 6.04 Å². The molecule has 2 aromatic rings. The van der Waals surface area contributed by atoms with Crippen molar-refractivity contribution in [1.29, 1.82) is 0 Å². The van der Waals surface area contributed by atoms with Crippen molar-refractivity contribution in [3.05, 3.63) is 47.5 Å². The second kappa shape index (κ2) is 6.57. The van der Waals surface area contributed by atoms with E-state index in [4.69, 9.17) is 10.5 Å². The molecule has 1 aromatic heterocycles. The summed E-state index contributed by atoms with van der Waals surface area (Å²) in [7, 11) is 0. The Labute approximate surface area is 120 Å². The molecule has 0 unspecified atom stereocenters. The van der Waals surface area contributed by atoms with Crippen molar-refractivity contribution in [3.8, 4) is 5.75 Å². The number of benzene rings is 1. The molecule has 0 spiro atoms. The molecule has 1 aromatic carbocycles. The predicted octanol–water partition coefficient (Wildman–Crippen LogP) is 3.20. The lowest BCUT2D eigenvalue weighted by Gasteiger charge is -2.13. The summed E-state index contributed by atoms with van der Waals surface area (Å²) in [6, 6.07) is 6.16. The van der Waals surface area contributed by atoms with E-state index in [2.05, 4.69) is 22.5 Å². The number of nitrogens with two attached hydrogens (primary N) is 1. The maximum Gasteiger partial charge on any atom is 0.130 e. The fourth-order valence-corrected chi connectivity index (χ4v) is 2.18. The van der Waals surface area contributed by atoms with E-state index >= 15 is 0 Å². The lowest BCUT2D eigenvalue weighted by Crippen LogP contribution is -2.07. The molecule has 0 aliphatic carbocycles. The Hall–Kier alpha value is -1.81. The van der Waals surface area contributed by atoms with E-state index in [1.54, 1.807) is 0 Å². The lowest BCUT2D eigenvalue weighted by atomic mass is 10.1. The summed E-state index contributed by atoms with van der Waals surface area (Å²) in [5, 5.41) is 0. The fourth-order valence-electron chi connectivity index (χ4n) is 2.18. The lowest BCUT2D eigenvalue weighted by molar-refractivity contribution is 0.292. The van der Waals surface area contributed by atoms with Gasteiger partial charge < -0.3 is 15.0 Å². The molecule has 4 heteroatoms. The molecule has 2 rings (SSSR count). The van der Waals surface area contributed by atoms with Crippen LogP contribution in [0.2, 0.25) is 0 Å². The second-order valence-corrected chi connectivity index (χ2v) is 5.18. The number of rotatable bonds is 6. The van der Waals surface area contributed by atoms with Gasteiger partial charge in [0.2, 0.25) is 0 Å². The molecule has 20 heavy (non-hydrogen) atoms. The Morgan fingerprint density at radius 1 is 1.40 bits per heavy atom. The van der Waals surface area contributed by atoms with Crippen LogP contribution in [0, 0.1) is 6.92 Å². The number of nitrogens with zero attached hydrogens (tertiary/aromatic N) is 2. The molecule has 0 fully saturated rings. The first kappa shape index (κ1) is 14.6. The first-order chi connectivity index (χ1) is 9.61. The van der Waals surface area contributed by atoms with Gasteiger partial charge in [-0.2, -0.15) is 0 Å². The third-order valence-corrected chi connectivity index (χ3v) is 3.36. The fraction of sp³-hybridized carbons (Fsp3) is 0.438. The standard InChI is InChI=1S/C16H23N3O/c1-4-7-19-11-18-9-15(19)10-20-16-6-5-14(13(3)17)8-12(16)2/h5-6,8-9,11,13H,4,7,10,17H2,1-3H3/t13-/m1/s1. The minimum absolute atomic E-state index is 0.0498.